The van der Waals surface area contributed by atoms with Crippen LogP contribution < -0.4 is 5.32 Å². The van der Waals surface area contributed by atoms with Gasteiger partial charge in [-0.25, -0.2) is 9.97 Å². The smallest absolute Gasteiger partial charge is 0.279 e. The molecular weight excluding hydrogens is 362 g/mol. The predicted molar refractivity (Wildman–Crippen MR) is 97.7 cm³/mol. The maximum absolute atomic E-state index is 12.6. The molecule has 0 aliphatic rings. The predicted octanol–water partition coefficient (Wildman–Crippen LogP) is 3.03. The number of nitrogens with zero attached hydrogens (tertiary/aromatic N) is 4. The summed E-state index contributed by atoms with van der Waals surface area (Å²) in [7, 11) is 0. The van der Waals surface area contributed by atoms with Crippen molar-refractivity contribution in [3.05, 3.63) is 72.5 Å². The van der Waals surface area contributed by atoms with Crippen molar-refractivity contribution in [3.63, 3.8) is 0 Å². The lowest BCUT2D eigenvalue weighted by molar-refractivity contribution is 0.0983. The number of carbonyl (C=O) groups excluding carboxylic acids is 2. The summed E-state index contributed by atoms with van der Waals surface area (Å²) in [4.78, 5) is 31.9. The van der Waals surface area contributed by atoms with Crippen molar-refractivity contribution in [2.24, 2.45) is 0 Å². The van der Waals surface area contributed by atoms with Gasteiger partial charge in [0.15, 0.2) is 35.2 Å². The van der Waals surface area contributed by atoms with E-state index in [4.69, 9.17) is 8.83 Å². The number of hydrogen-bond donors (Lipinski definition) is 1. The highest BCUT2D eigenvalue weighted by atomic mass is 16.4. The highest BCUT2D eigenvalue weighted by molar-refractivity contribution is 6.05. The maximum atomic E-state index is 12.6. The van der Waals surface area contributed by atoms with E-state index < -0.39 is 5.91 Å². The molecule has 3 aromatic heterocycles. The van der Waals surface area contributed by atoms with E-state index >= 15 is 0 Å². The van der Waals surface area contributed by atoms with Gasteiger partial charge in [0.1, 0.15) is 6.54 Å². The lowest BCUT2D eigenvalue weighted by Gasteiger charge is -2.02. The molecule has 0 unspecified atom stereocenters. The van der Waals surface area contributed by atoms with E-state index in [-0.39, 0.29) is 23.8 Å². The molecule has 9 nitrogen and oxygen atoms in total. The number of anilines is 1. The SMILES string of the molecule is CC(=O)c1cnc(Cn2ccc(NC(=O)c3ncoc3-c3ccccc3)n2)o1. The summed E-state index contributed by atoms with van der Waals surface area (Å²) < 4.78 is 12.2. The molecular formula is C19H15N5O4. The fraction of sp³-hybridized carbons (Fsp3) is 0.105. The number of rotatable bonds is 6. The molecule has 0 atom stereocenters. The Balaban J connectivity index is 1.46. The highest BCUT2D eigenvalue weighted by Gasteiger charge is 2.19. The van der Waals surface area contributed by atoms with Crippen molar-refractivity contribution in [2.45, 2.75) is 13.5 Å². The van der Waals surface area contributed by atoms with Gasteiger partial charge >= 0.3 is 0 Å². The molecule has 1 amide bonds. The van der Waals surface area contributed by atoms with E-state index in [2.05, 4.69) is 20.4 Å². The minimum absolute atomic E-state index is 0.166. The van der Waals surface area contributed by atoms with E-state index in [1.54, 1.807) is 12.3 Å². The molecule has 0 fully saturated rings. The quantitative estimate of drug-likeness (QED) is 0.513. The van der Waals surface area contributed by atoms with Crippen LogP contribution in [0, 0.1) is 0 Å². The number of oxazole rings is 2. The van der Waals surface area contributed by atoms with Crippen LogP contribution in [0.3, 0.4) is 0 Å². The molecule has 0 saturated heterocycles. The topological polar surface area (TPSA) is 116 Å². The van der Waals surface area contributed by atoms with E-state index in [1.165, 1.54) is 24.2 Å². The fourth-order valence-electron chi connectivity index (χ4n) is 2.58. The molecule has 0 saturated carbocycles. The lowest BCUT2D eigenvalue weighted by atomic mass is 10.1. The number of carbonyl (C=O) groups is 2. The zero-order chi connectivity index (χ0) is 19.5. The van der Waals surface area contributed by atoms with Gasteiger partial charge < -0.3 is 14.2 Å². The van der Waals surface area contributed by atoms with Crippen LogP contribution in [-0.4, -0.2) is 31.4 Å². The Morgan fingerprint density at radius 2 is 1.96 bits per heavy atom. The first-order valence-electron chi connectivity index (χ1n) is 8.39. The molecule has 0 aliphatic heterocycles. The Kier molecular flexibility index (Phi) is 4.55. The number of ketones is 1. The number of Topliss-reactive ketones (excluding diaryl/α,β-unsaturated/α-hetero) is 1. The molecule has 1 N–H and O–H groups in total. The largest absolute Gasteiger partial charge is 0.443 e. The summed E-state index contributed by atoms with van der Waals surface area (Å²) in [5.74, 6) is 0.616. The van der Waals surface area contributed by atoms with Crippen LogP contribution in [0.15, 0.2) is 64.0 Å². The average Bonchev–Trinajstić information content (AvgIpc) is 3.43. The second kappa shape index (κ2) is 7.31. The Bertz CT molecular complexity index is 1130. The Morgan fingerprint density at radius 1 is 1.14 bits per heavy atom. The van der Waals surface area contributed by atoms with Crippen molar-refractivity contribution >= 4 is 17.5 Å². The van der Waals surface area contributed by atoms with E-state index in [0.717, 1.165) is 5.56 Å². The van der Waals surface area contributed by atoms with Gasteiger partial charge in [-0.2, -0.15) is 5.10 Å². The van der Waals surface area contributed by atoms with Gasteiger partial charge in [-0.15, -0.1) is 0 Å². The third kappa shape index (κ3) is 3.58. The van der Waals surface area contributed by atoms with Gasteiger partial charge in [0, 0.05) is 24.8 Å². The van der Waals surface area contributed by atoms with Gasteiger partial charge in [-0.3, -0.25) is 14.3 Å². The van der Waals surface area contributed by atoms with Gasteiger partial charge in [0.05, 0.1) is 6.20 Å². The minimum atomic E-state index is -0.437. The van der Waals surface area contributed by atoms with Crippen molar-refractivity contribution in [1.82, 2.24) is 19.7 Å². The molecule has 140 valence electrons. The van der Waals surface area contributed by atoms with E-state index in [1.807, 2.05) is 30.3 Å². The van der Waals surface area contributed by atoms with E-state index in [0.29, 0.717) is 17.5 Å². The number of hydrogen-bond acceptors (Lipinski definition) is 7. The molecule has 0 spiro atoms. The molecule has 1 aromatic carbocycles. The average molecular weight is 377 g/mol. The van der Waals surface area contributed by atoms with Crippen LogP contribution in [0.1, 0.15) is 33.9 Å². The number of amides is 1. The van der Waals surface area contributed by atoms with Crippen molar-refractivity contribution in [1.29, 1.82) is 0 Å². The molecule has 4 aromatic rings. The molecule has 3 heterocycles. The Hall–Kier alpha value is -4.01. The lowest BCUT2D eigenvalue weighted by Crippen LogP contribution is -2.14. The minimum Gasteiger partial charge on any atom is -0.443 e. The zero-order valence-electron chi connectivity index (χ0n) is 14.8. The first kappa shape index (κ1) is 17.4. The van der Waals surface area contributed by atoms with Crippen LogP contribution in [0.4, 0.5) is 5.82 Å². The molecule has 0 aliphatic carbocycles. The monoisotopic (exact) mass is 377 g/mol. The summed E-state index contributed by atoms with van der Waals surface area (Å²) in [5.41, 5.74) is 0.917. The standard InChI is InChI=1S/C19H15N5O4/c1-12(25)14-9-20-16(28-14)10-24-8-7-15(23-24)22-19(26)17-18(27-11-21-17)13-5-3-2-4-6-13/h2-9,11H,10H2,1H3,(H,22,23,26). The van der Waals surface area contributed by atoms with Crippen molar-refractivity contribution in [3.8, 4) is 11.3 Å². The first-order valence-corrected chi connectivity index (χ1v) is 8.39. The van der Waals surface area contributed by atoms with Crippen LogP contribution in [0.2, 0.25) is 0 Å². The summed E-state index contributed by atoms with van der Waals surface area (Å²) in [6, 6.07) is 10.9. The molecule has 9 heteroatoms. The summed E-state index contributed by atoms with van der Waals surface area (Å²) >= 11 is 0. The second-order valence-corrected chi connectivity index (χ2v) is 5.92. The Labute approximate surface area is 159 Å². The molecule has 28 heavy (non-hydrogen) atoms. The van der Waals surface area contributed by atoms with Crippen LogP contribution >= 0.6 is 0 Å². The third-order valence-corrected chi connectivity index (χ3v) is 3.90. The van der Waals surface area contributed by atoms with Gasteiger partial charge in [0.2, 0.25) is 5.89 Å². The normalized spacial score (nSPS) is 10.8. The molecule has 0 bridgehead atoms. The van der Waals surface area contributed by atoms with Gasteiger partial charge in [-0.1, -0.05) is 30.3 Å². The molecule has 0 radical (unpaired) electrons. The van der Waals surface area contributed by atoms with Gasteiger partial charge in [-0.05, 0) is 0 Å². The van der Waals surface area contributed by atoms with E-state index in [9.17, 15) is 9.59 Å². The fourth-order valence-corrected chi connectivity index (χ4v) is 2.58. The van der Waals surface area contributed by atoms with Crippen molar-refractivity contribution < 1.29 is 18.4 Å². The number of nitrogens with one attached hydrogen (secondary N) is 1. The summed E-state index contributed by atoms with van der Waals surface area (Å²) in [5, 5.41) is 6.94. The zero-order valence-corrected chi connectivity index (χ0v) is 14.8. The number of benzene rings is 1. The van der Waals surface area contributed by atoms with Crippen LogP contribution in [0.5, 0.6) is 0 Å². The summed E-state index contributed by atoms with van der Waals surface area (Å²) in [6.07, 6.45) is 4.26. The van der Waals surface area contributed by atoms with Gasteiger partial charge in [0.25, 0.3) is 5.91 Å². The van der Waals surface area contributed by atoms with Crippen LogP contribution in [0.25, 0.3) is 11.3 Å². The maximum Gasteiger partial charge on any atom is 0.279 e. The second-order valence-electron chi connectivity index (χ2n) is 5.92. The highest BCUT2D eigenvalue weighted by Crippen LogP contribution is 2.23. The third-order valence-electron chi connectivity index (χ3n) is 3.90. The first-order chi connectivity index (χ1) is 13.6. The molecule has 4 rings (SSSR count). The van der Waals surface area contributed by atoms with Crippen LogP contribution in [-0.2, 0) is 6.54 Å². The Morgan fingerprint density at radius 3 is 2.71 bits per heavy atom. The van der Waals surface area contributed by atoms with Crippen molar-refractivity contribution in [2.75, 3.05) is 5.32 Å². The number of aromatic nitrogens is 4. The summed E-state index contributed by atoms with van der Waals surface area (Å²) in [6.45, 7) is 1.63.